The number of anilines is 1. The number of carbonyl (C=O) groups excluding carboxylic acids is 1. The maximum Gasteiger partial charge on any atom is 0.273 e. The lowest BCUT2D eigenvalue weighted by Gasteiger charge is -2.39. The van der Waals surface area contributed by atoms with Gasteiger partial charge in [0.2, 0.25) is 5.75 Å². The summed E-state index contributed by atoms with van der Waals surface area (Å²) in [6, 6.07) is 5.98. The summed E-state index contributed by atoms with van der Waals surface area (Å²) >= 11 is 0. The van der Waals surface area contributed by atoms with Gasteiger partial charge in [-0.2, -0.15) is 0 Å². The number of nitrogens with zero attached hydrogens (tertiary/aromatic N) is 4. The number of methoxy groups -OCH3 is 3. The maximum atomic E-state index is 15.0. The average molecular weight is 579 g/mol. The molecule has 1 aliphatic heterocycles. The molecule has 3 heterocycles. The van der Waals surface area contributed by atoms with E-state index in [1.54, 1.807) is 12.1 Å². The molecule has 0 saturated heterocycles. The van der Waals surface area contributed by atoms with E-state index >= 15 is 4.39 Å². The number of halogens is 1. The van der Waals surface area contributed by atoms with Crippen LogP contribution in [-0.2, 0) is 26.7 Å². The molecule has 3 aromatic rings. The summed E-state index contributed by atoms with van der Waals surface area (Å²) in [5, 5.41) is 0. The monoisotopic (exact) mass is 579 g/mol. The first kappa shape index (κ1) is 25.1. The number of phosphoric acid groups is 1. The highest BCUT2D eigenvalue weighted by Crippen LogP contribution is 2.39. The van der Waals surface area contributed by atoms with Gasteiger partial charge in [0.25, 0.3) is 5.91 Å². The lowest BCUT2D eigenvalue weighted by molar-refractivity contribution is -0.341. The molecular weight excluding hydrogens is 550 g/mol. The third-order valence-corrected chi connectivity index (χ3v) is 5.98. The second-order valence-electron chi connectivity index (χ2n) is 8.91. The molecule has 1 aromatic carbocycles. The van der Waals surface area contributed by atoms with Gasteiger partial charge in [0.05, 0.1) is 45.1 Å². The number of pyridine rings is 1. The number of hydrogen-bond donors (Lipinski definition) is 0. The molecule has 1 amide bonds. The van der Waals surface area contributed by atoms with Crippen molar-refractivity contribution in [1.29, 1.82) is 0 Å². The Morgan fingerprint density at radius 3 is 2.40 bits per heavy atom. The molecule has 0 aliphatic carbocycles. The molecule has 0 fully saturated rings. The average Bonchev–Trinajstić information content (AvgIpc) is 2.90. The van der Waals surface area contributed by atoms with Gasteiger partial charge >= 0.3 is 0 Å². The van der Waals surface area contributed by atoms with Gasteiger partial charge < -0.3 is 37.8 Å². The number of amides is 1. The summed E-state index contributed by atoms with van der Waals surface area (Å²) in [6.07, 6.45) is -1.01. The van der Waals surface area contributed by atoms with Gasteiger partial charge in [-0.25, -0.2) is 19.3 Å². The second kappa shape index (κ2) is 11.3. The van der Waals surface area contributed by atoms with Crippen LogP contribution in [0.2, 0.25) is 0 Å². The highest BCUT2D eigenvalue weighted by atomic mass is 31.2. The van der Waals surface area contributed by atoms with E-state index in [4.69, 9.17) is 23.1 Å². The molecular formula is C25H26FN4O9P-2. The van der Waals surface area contributed by atoms with Crippen LogP contribution >= 0.6 is 7.82 Å². The number of hydrogen-bond acceptors (Lipinski definition) is 12. The highest BCUT2D eigenvalue weighted by Gasteiger charge is 2.42. The van der Waals surface area contributed by atoms with Crippen molar-refractivity contribution in [1.82, 2.24) is 15.0 Å². The largest absolute Gasteiger partial charge is 0.790 e. The fraction of sp³-hybridized carbons (Fsp3) is 0.360. The third-order valence-electron chi connectivity index (χ3n) is 5.67. The molecule has 0 N–H and O–H groups in total. The van der Waals surface area contributed by atoms with Crippen LogP contribution in [0.1, 0.15) is 40.7 Å². The molecule has 13 nitrogen and oxygen atoms in total. The second-order valence-corrected chi connectivity index (χ2v) is 9.98. The van der Waals surface area contributed by atoms with Crippen molar-refractivity contribution in [3.63, 3.8) is 0 Å². The molecule has 0 unspecified atom stereocenters. The Morgan fingerprint density at radius 1 is 1.12 bits per heavy atom. The number of rotatable bonds is 10. The number of fused-ring (bicyclic) bond motifs is 1. The molecule has 2 aromatic heterocycles. The van der Waals surface area contributed by atoms with Crippen LogP contribution in [0.25, 0.3) is 0 Å². The third kappa shape index (κ3) is 6.31. The first-order chi connectivity index (χ1) is 20.0. The molecule has 0 spiro atoms. The number of aromatic nitrogens is 3. The number of ether oxygens (including phenoxy) is 4. The van der Waals surface area contributed by atoms with Crippen LogP contribution in [0, 0.1) is 5.82 Å². The van der Waals surface area contributed by atoms with Gasteiger partial charge in [-0.3, -0.25) is 9.69 Å². The van der Waals surface area contributed by atoms with E-state index in [1.165, 1.54) is 47.3 Å². The summed E-state index contributed by atoms with van der Waals surface area (Å²) in [6.45, 7) is -0.880. The zero-order valence-electron chi connectivity index (χ0n) is 25.0. The van der Waals surface area contributed by atoms with E-state index in [9.17, 15) is 19.1 Å². The summed E-state index contributed by atoms with van der Waals surface area (Å²) in [4.78, 5) is 48.2. The Labute approximate surface area is 233 Å². The van der Waals surface area contributed by atoms with Crippen molar-refractivity contribution in [2.24, 2.45) is 0 Å². The van der Waals surface area contributed by atoms with Gasteiger partial charge in [-0.15, -0.1) is 0 Å². The first-order valence-corrected chi connectivity index (χ1v) is 13.0. The lowest BCUT2D eigenvalue weighted by atomic mass is 10.1. The first-order valence-electron chi connectivity index (χ1n) is 13.1. The number of benzene rings is 1. The normalized spacial score (nSPS) is 15.8. The zero-order chi connectivity index (χ0) is 31.9. The van der Waals surface area contributed by atoms with E-state index < -0.39 is 43.8 Å². The molecule has 1 aliphatic rings. The van der Waals surface area contributed by atoms with Crippen molar-refractivity contribution in [2.75, 3.05) is 32.9 Å². The van der Waals surface area contributed by atoms with Crippen molar-refractivity contribution >= 4 is 19.5 Å². The quantitative estimate of drug-likeness (QED) is 0.318. The van der Waals surface area contributed by atoms with E-state index in [0.717, 1.165) is 0 Å². The minimum Gasteiger partial charge on any atom is -0.790 e. The molecule has 0 radical (unpaired) electrons. The molecule has 214 valence electrons. The van der Waals surface area contributed by atoms with Crippen LogP contribution in [0.15, 0.2) is 30.4 Å². The molecule has 0 bridgehead atoms. The summed E-state index contributed by atoms with van der Waals surface area (Å²) in [7, 11) is -1.57. The highest BCUT2D eigenvalue weighted by molar-refractivity contribution is 7.43. The van der Waals surface area contributed by atoms with Crippen LogP contribution in [0.5, 0.6) is 23.0 Å². The van der Waals surface area contributed by atoms with Crippen molar-refractivity contribution in [3.8, 4) is 23.0 Å². The Hall–Kier alpha value is -3.84. The summed E-state index contributed by atoms with van der Waals surface area (Å²) in [5.74, 6) is -1.64. The lowest BCUT2D eigenvalue weighted by Crippen LogP contribution is -2.53. The van der Waals surface area contributed by atoms with E-state index in [1.807, 2.05) is 0 Å². The topological polar surface area (TPSA) is 168 Å². The fourth-order valence-electron chi connectivity index (χ4n) is 3.87. The van der Waals surface area contributed by atoms with Gasteiger partial charge in [-0.05, 0) is 43.7 Å². The summed E-state index contributed by atoms with van der Waals surface area (Å²) in [5.41, 5.74) is -1.31. The van der Waals surface area contributed by atoms with Gasteiger partial charge in [0.15, 0.2) is 34.5 Å². The molecule has 15 heteroatoms. The SMILES string of the molecule is [2H]c1nc(Cc2cc(OC)c(OC)c(OC)c2)nc(Cc2ccc3c(n2)N(C([2H])([2H])OP(=O)([O-])[O-])C(=O)C(C)(C)O3)c1F. The number of phosphoric ester groups is 1. The summed E-state index contributed by atoms with van der Waals surface area (Å²) < 4.78 is 76.1. The van der Waals surface area contributed by atoms with E-state index in [0.29, 0.717) is 22.8 Å². The molecule has 4 rings (SSSR count). The Morgan fingerprint density at radius 2 is 1.80 bits per heavy atom. The van der Waals surface area contributed by atoms with Gasteiger partial charge in [0.1, 0.15) is 12.5 Å². The minimum absolute atomic E-state index is 0.0267. The van der Waals surface area contributed by atoms with Crippen LogP contribution in [-0.4, -0.2) is 54.5 Å². The maximum absolute atomic E-state index is 15.0. The van der Waals surface area contributed by atoms with Crippen molar-refractivity contribution < 1.29 is 51.1 Å². The Kier molecular flexibility index (Phi) is 7.13. The van der Waals surface area contributed by atoms with Crippen molar-refractivity contribution in [2.45, 2.75) is 32.3 Å². The predicted molar refractivity (Wildman–Crippen MR) is 134 cm³/mol. The fourth-order valence-corrected chi connectivity index (χ4v) is 4.05. The molecule has 40 heavy (non-hydrogen) atoms. The van der Waals surface area contributed by atoms with Crippen LogP contribution < -0.4 is 33.6 Å². The van der Waals surface area contributed by atoms with E-state index in [-0.39, 0.29) is 40.7 Å². The standard InChI is InChI=1S/C25H28FN4O9P/c1-25(2)24(31)30(13-38-40(32,33)34)23-18(39-25)7-6-15(28-23)11-17-16(26)12-27-21(29-17)10-14-8-19(35-3)22(37-5)20(9-14)36-4/h6-9,12H,10-11,13H2,1-5H3,(H2,32,33,34)/p-2/i12D,13D2. The van der Waals surface area contributed by atoms with Gasteiger partial charge in [0, 0.05) is 18.5 Å². The smallest absolute Gasteiger partial charge is 0.273 e. The minimum atomic E-state index is -5.91. The Balaban J connectivity index is 1.72. The Bertz CT molecular complexity index is 1600. The van der Waals surface area contributed by atoms with E-state index in [2.05, 4.69) is 19.5 Å². The zero-order valence-corrected chi connectivity index (χ0v) is 22.9. The van der Waals surface area contributed by atoms with Crippen LogP contribution in [0.4, 0.5) is 10.2 Å². The number of carbonyl (C=O) groups is 1. The molecule has 0 saturated carbocycles. The van der Waals surface area contributed by atoms with Crippen LogP contribution in [0.3, 0.4) is 0 Å². The van der Waals surface area contributed by atoms with Crippen molar-refractivity contribution in [3.05, 3.63) is 59.0 Å². The van der Waals surface area contributed by atoms with Gasteiger partial charge in [-0.1, -0.05) is 0 Å². The predicted octanol–water partition coefficient (Wildman–Crippen LogP) is 1.52. The molecule has 0 atom stereocenters.